The Hall–Kier alpha value is -2.59. The fraction of sp³-hybridized carbons (Fsp3) is 0.474. The molecule has 0 aromatic heterocycles. The largest absolute Gasteiger partial charge is 0.462 e. The summed E-state index contributed by atoms with van der Waals surface area (Å²) in [6, 6.07) is 6.80. The SMILES string of the molecule is CCOC(=O)C(C#N)=CNCc1ccc(N2CC(C)OC(C)C2)c(F)c1. The van der Waals surface area contributed by atoms with E-state index >= 15 is 0 Å². The van der Waals surface area contributed by atoms with Gasteiger partial charge in [-0.1, -0.05) is 6.07 Å². The second-order valence-electron chi connectivity index (χ2n) is 6.22. The lowest BCUT2D eigenvalue weighted by atomic mass is 10.1. The predicted octanol–water partition coefficient (Wildman–Crippen LogP) is 2.50. The zero-order chi connectivity index (χ0) is 19.1. The van der Waals surface area contributed by atoms with Gasteiger partial charge >= 0.3 is 5.97 Å². The van der Waals surface area contributed by atoms with Crippen LogP contribution >= 0.6 is 0 Å². The maximum Gasteiger partial charge on any atom is 0.350 e. The number of benzene rings is 1. The zero-order valence-electron chi connectivity index (χ0n) is 15.3. The summed E-state index contributed by atoms with van der Waals surface area (Å²) < 4.78 is 25.0. The Morgan fingerprint density at radius 2 is 2.15 bits per heavy atom. The molecule has 2 unspecified atom stereocenters. The Balaban J connectivity index is 2.01. The maximum absolute atomic E-state index is 14.5. The molecule has 0 radical (unpaired) electrons. The summed E-state index contributed by atoms with van der Waals surface area (Å²) >= 11 is 0. The molecule has 1 saturated heterocycles. The molecule has 2 rings (SSSR count). The van der Waals surface area contributed by atoms with Gasteiger partial charge in [0.25, 0.3) is 0 Å². The van der Waals surface area contributed by atoms with Crippen molar-refractivity contribution < 1.29 is 18.7 Å². The number of ether oxygens (including phenoxy) is 2. The maximum atomic E-state index is 14.5. The average molecular weight is 361 g/mol. The number of morpholine rings is 1. The van der Waals surface area contributed by atoms with Crippen LogP contribution in [0.5, 0.6) is 0 Å². The Morgan fingerprint density at radius 3 is 2.73 bits per heavy atom. The summed E-state index contributed by atoms with van der Waals surface area (Å²) in [7, 11) is 0. The molecule has 1 aromatic rings. The van der Waals surface area contributed by atoms with E-state index in [1.165, 1.54) is 12.3 Å². The number of carbonyl (C=O) groups excluding carboxylic acids is 1. The van der Waals surface area contributed by atoms with Crippen molar-refractivity contribution in [3.05, 3.63) is 41.4 Å². The molecule has 1 aliphatic heterocycles. The van der Waals surface area contributed by atoms with Crippen LogP contribution in [0.25, 0.3) is 0 Å². The van der Waals surface area contributed by atoms with Gasteiger partial charge in [0, 0.05) is 25.8 Å². The van der Waals surface area contributed by atoms with Crippen LogP contribution in [0.1, 0.15) is 26.3 Å². The number of anilines is 1. The molecule has 6 nitrogen and oxygen atoms in total. The van der Waals surface area contributed by atoms with Gasteiger partial charge in [-0.15, -0.1) is 0 Å². The van der Waals surface area contributed by atoms with Crippen molar-refractivity contribution in [2.24, 2.45) is 0 Å². The minimum Gasteiger partial charge on any atom is -0.462 e. The highest BCUT2D eigenvalue weighted by Crippen LogP contribution is 2.24. The Bertz CT molecular complexity index is 704. The van der Waals surface area contributed by atoms with E-state index in [2.05, 4.69) is 5.32 Å². The van der Waals surface area contributed by atoms with Gasteiger partial charge in [0.05, 0.1) is 24.5 Å². The first-order valence-electron chi connectivity index (χ1n) is 8.64. The Kier molecular flexibility index (Phi) is 6.98. The summed E-state index contributed by atoms with van der Waals surface area (Å²) in [6.07, 6.45) is 1.39. The van der Waals surface area contributed by atoms with Gasteiger partial charge in [-0.3, -0.25) is 0 Å². The lowest BCUT2D eigenvalue weighted by molar-refractivity contribution is -0.138. The van der Waals surface area contributed by atoms with Crippen LogP contribution in [-0.4, -0.2) is 37.9 Å². The van der Waals surface area contributed by atoms with Crippen molar-refractivity contribution in [3.8, 4) is 6.07 Å². The van der Waals surface area contributed by atoms with E-state index in [0.717, 1.165) is 0 Å². The fourth-order valence-electron chi connectivity index (χ4n) is 2.91. The molecule has 1 heterocycles. The monoisotopic (exact) mass is 361 g/mol. The van der Waals surface area contributed by atoms with Gasteiger partial charge in [-0.2, -0.15) is 5.26 Å². The number of carbonyl (C=O) groups is 1. The molecule has 1 aromatic carbocycles. The van der Waals surface area contributed by atoms with Gasteiger partial charge in [-0.25, -0.2) is 9.18 Å². The standard InChI is InChI=1S/C19H24FN3O3/c1-4-25-19(24)16(8-21)10-22-9-15-5-6-18(17(20)7-15)23-11-13(2)26-14(3)12-23/h5-7,10,13-14,22H,4,9,11-12H2,1-3H3. The predicted molar refractivity (Wildman–Crippen MR) is 95.8 cm³/mol. The third kappa shape index (κ3) is 5.20. The quantitative estimate of drug-likeness (QED) is 0.477. The average Bonchev–Trinajstić information content (AvgIpc) is 2.58. The molecule has 26 heavy (non-hydrogen) atoms. The van der Waals surface area contributed by atoms with E-state index in [0.29, 0.717) is 24.3 Å². The molecule has 0 bridgehead atoms. The first-order valence-corrected chi connectivity index (χ1v) is 8.64. The van der Waals surface area contributed by atoms with E-state index in [4.69, 9.17) is 14.7 Å². The van der Waals surface area contributed by atoms with E-state index in [9.17, 15) is 9.18 Å². The Labute approximate surface area is 153 Å². The third-order valence-electron chi connectivity index (χ3n) is 3.94. The normalized spacial score (nSPS) is 20.4. The highest BCUT2D eigenvalue weighted by Gasteiger charge is 2.24. The molecule has 2 atom stereocenters. The molecule has 1 fully saturated rings. The van der Waals surface area contributed by atoms with Crippen LogP contribution in [0, 0.1) is 17.1 Å². The van der Waals surface area contributed by atoms with Crippen LogP contribution in [0.2, 0.25) is 0 Å². The molecule has 1 aliphatic rings. The van der Waals surface area contributed by atoms with Crippen molar-refractivity contribution >= 4 is 11.7 Å². The van der Waals surface area contributed by atoms with Gasteiger partial charge in [0.2, 0.25) is 0 Å². The second-order valence-corrected chi connectivity index (χ2v) is 6.22. The van der Waals surface area contributed by atoms with E-state index in [1.54, 1.807) is 19.1 Å². The number of nitrogens with one attached hydrogen (secondary N) is 1. The lowest BCUT2D eigenvalue weighted by Gasteiger charge is -2.37. The molecule has 0 spiro atoms. The smallest absolute Gasteiger partial charge is 0.350 e. The zero-order valence-corrected chi connectivity index (χ0v) is 15.3. The van der Waals surface area contributed by atoms with Crippen LogP contribution in [0.3, 0.4) is 0 Å². The van der Waals surface area contributed by atoms with Gasteiger partial charge in [-0.05, 0) is 38.5 Å². The number of hydrogen-bond donors (Lipinski definition) is 1. The van der Waals surface area contributed by atoms with Crippen molar-refractivity contribution in [2.45, 2.75) is 39.5 Å². The van der Waals surface area contributed by atoms with E-state index in [-0.39, 0.29) is 36.7 Å². The first-order chi connectivity index (χ1) is 12.4. The van der Waals surface area contributed by atoms with Crippen molar-refractivity contribution in [1.82, 2.24) is 5.32 Å². The van der Waals surface area contributed by atoms with Gasteiger partial charge in [0.1, 0.15) is 11.9 Å². The van der Waals surface area contributed by atoms with Crippen LogP contribution in [0.15, 0.2) is 30.0 Å². The minimum absolute atomic E-state index is 0.0527. The molecular formula is C19H24FN3O3. The number of halogens is 1. The first kappa shape index (κ1) is 19.7. The number of rotatable bonds is 6. The topological polar surface area (TPSA) is 74.6 Å². The lowest BCUT2D eigenvalue weighted by Crippen LogP contribution is -2.45. The summed E-state index contributed by atoms with van der Waals surface area (Å²) in [5, 5.41) is 11.8. The molecule has 140 valence electrons. The molecule has 1 N–H and O–H groups in total. The van der Waals surface area contributed by atoms with Crippen molar-refractivity contribution in [3.63, 3.8) is 0 Å². The molecule has 7 heteroatoms. The third-order valence-corrected chi connectivity index (χ3v) is 3.94. The Morgan fingerprint density at radius 1 is 1.46 bits per heavy atom. The summed E-state index contributed by atoms with van der Waals surface area (Å²) in [6.45, 7) is 7.39. The second kappa shape index (κ2) is 9.20. The molecule has 0 aliphatic carbocycles. The van der Waals surface area contributed by atoms with Gasteiger partial charge in [0.15, 0.2) is 5.57 Å². The van der Waals surface area contributed by atoms with Crippen LogP contribution < -0.4 is 10.2 Å². The van der Waals surface area contributed by atoms with E-state index in [1.807, 2.05) is 24.8 Å². The molecule has 0 saturated carbocycles. The number of esters is 1. The van der Waals surface area contributed by atoms with Gasteiger partial charge < -0.3 is 19.7 Å². The van der Waals surface area contributed by atoms with Crippen molar-refractivity contribution in [1.29, 1.82) is 5.26 Å². The van der Waals surface area contributed by atoms with Crippen LogP contribution in [0.4, 0.5) is 10.1 Å². The fourth-order valence-corrected chi connectivity index (χ4v) is 2.91. The molecule has 0 amide bonds. The minimum atomic E-state index is -0.681. The summed E-state index contributed by atoms with van der Waals surface area (Å²) in [5.41, 5.74) is 1.13. The van der Waals surface area contributed by atoms with E-state index < -0.39 is 5.97 Å². The summed E-state index contributed by atoms with van der Waals surface area (Å²) in [4.78, 5) is 13.5. The number of hydrogen-bond acceptors (Lipinski definition) is 6. The van der Waals surface area contributed by atoms with Crippen molar-refractivity contribution in [2.75, 3.05) is 24.6 Å². The highest BCUT2D eigenvalue weighted by atomic mass is 19.1. The number of nitriles is 1. The number of nitrogens with zero attached hydrogens (tertiary/aromatic N) is 2. The molecular weight excluding hydrogens is 337 g/mol. The highest BCUT2D eigenvalue weighted by molar-refractivity contribution is 5.92. The summed E-state index contributed by atoms with van der Waals surface area (Å²) in [5.74, 6) is -0.986. The van der Waals surface area contributed by atoms with Crippen LogP contribution in [-0.2, 0) is 20.8 Å².